The van der Waals surface area contributed by atoms with Crippen LogP contribution in [0.3, 0.4) is 0 Å². The first-order valence-corrected chi connectivity index (χ1v) is 10.2. The van der Waals surface area contributed by atoms with E-state index in [1.165, 1.54) is 5.56 Å². The molecule has 1 amide bonds. The Labute approximate surface area is 185 Å². The molecule has 0 aliphatic rings. The number of hydrogen-bond acceptors (Lipinski definition) is 2. The number of imidazole rings is 1. The second-order valence-corrected chi connectivity index (χ2v) is 7.87. The maximum Gasteiger partial charge on any atom is 0.257 e. The van der Waals surface area contributed by atoms with Crippen molar-refractivity contribution in [2.24, 2.45) is 0 Å². The summed E-state index contributed by atoms with van der Waals surface area (Å²) < 4.78 is 2.06. The zero-order valence-electron chi connectivity index (χ0n) is 16.2. The highest BCUT2D eigenvalue weighted by molar-refractivity contribution is 6.37. The summed E-state index contributed by atoms with van der Waals surface area (Å²) in [4.78, 5) is 16.8. The van der Waals surface area contributed by atoms with E-state index in [2.05, 4.69) is 46.1 Å². The number of carbonyl (C=O) groups excluding carboxylic acids is 1. The molecular weight excluding hydrogens is 417 g/mol. The van der Waals surface area contributed by atoms with Crippen molar-refractivity contribution in [2.45, 2.75) is 13.0 Å². The fourth-order valence-electron chi connectivity index (χ4n) is 3.33. The van der Waals surface area contributed by atoms with E-state index >= 15 is 0 Å². The molecule has 1 atom stereocenters. The van der Waals surface area contributed by atoms with E-state index in [0.29, 0.717) is 21.3 Å². The molecule has 150 valence electrons. The summed E-state index contributed by atoms with van der Waals surface area (Å²) in [7, 11) is 0. The maximum atomic E-state index is 12.6. The van der Waals surface area contributed by atoms with Gasteiger partial charge in [-0.3, -0.25) is 4.79 Å². The molecule has 6 heteroatoms. The largest absolute Gasteiger partial charge is 0.326 e. The lowest BCUT2D eigenvalue weighted by atomic mass is 9.97. The van der Waals surface area contributed by atoms with Crippen molar-refractivity contribution in [3.05, 3.63) is 118 Å². The summed E-state index contributed by atoms with van der Waals surface area (Å²) in [6.45, 7) is 2.07. The van der Waals surface area contributed by atoms with Gasteiger partial charge in [-0.2, -0.15) is 0 Å². The number of hydrogen-bond donors (Lipinski definition) is 1. The van der Waals surface area contributed by atoms with E-state index in [1.807, 2.05) is 36.8 Å². The Balaban J connectivity index is 1.59. The van der Waals surface area contributed by atoms with Crippen LogP contribution in [-0.2, 0) is 0 Å². The number of anilines is 1. The number of benzene rings is 3. The van der Waals surface area contributed by atoms with Gasteiger partial charge in [0.25, 0.3) is 5.91 Å². The van der Waals surface area contributed by atoms with Crippen LogP contribution in [-0.4, -0.2) is 15.5 Å². The van der Waals surface area contributed by atoms with Gasteiger partial charge in [-0.25, -0.2) is 4.98 Å². The summed E-state index contributed by atoms with van der Waals surface area (Å²) in [6, 6.07) is 21.0. The van der Waals surface area contributed by atoms with Gasteiger partial charge in [0.05, 0.1) is 23.0 Å². The molecule has 3 aromatic carbocycles. The molecule has 1 N–H and O–H groups in total. The minimum absolute atomic E-state index is 0.0106. The predicted octanol–water partition coefficient (Wildman–Crippen LogP) is 6.39. The minimum atomic E-state index is -0.283. The van der Waals surface area contributed by atoms with Crippen molar-refractivity contribution in [3.8, 4) is 0 Å². The third-order valence-corrected chi connectivity index (χ3v) is 5.42. The Hall–Kier alpha value is -3.08. The normalized spacial score (nSPS) is 11.8. The maximum absolute atomic E-state index is 12.6. The fraction of sp³-hybridized carbons (Fsp3) is 0.0833. The van der Waals surface area contributed by atoms with Gasteiger partial charge in [0.2, 0.25) is 0 Å². The number of halogens is 2. The third-order valence-electron chi connectivity index (χ3n) is 4.88. The summed E-state index contributed by atoms with van der Waals surface area (Å²) >= 11 is 12.0. The van der Waals surface area contributed by atoms with Gasteiger partial charge in [-0.1, -0.05) is 65.2 Å². The van der Waals surface area contributed by atoms with Crippen LogP contribution in [0.1, 0.15) is 33.1 Å². The Kier molecular flexibility index (Phi) is 5.88. The van der Waals surface area contributed by atoms with Crippen molar-refractivity contribution >= 4 is 34.8 Å². The van der Waals surface area contributed by atoms with Crippen LogP contribution < -0.4 is 5.32 Å². The molecule has 0 spiro atoms. The average Bonchev–Trinajstić information content (AvgIpc) is 3.25. The lowest BCUT2D eigenvalue weighted by molar-refractivity contribution is 0.102. The minimum Gasteiger partial charge on any atom is -0.326 e. The average molecular weight is 436 g/mol. The van der Waals surface area contributed by atoms with Crippen molar-refractivity contribution in [2.75, 3.05) is 5.32 Å². The summed E-state index contributed by atoms with van der Waals surface area (Å²) in [6.07, 6.45) is 5.52. The molecule has 30 heavy (non-hydrogen) atoms. The summed E-state index contributed by atoms with van der Waals surface area (Å²) in [5.41, 5.74) is 4.51. The smallest absolute Gasteiger partial charge is 0.257 e. The third kappa shape index (κ3) is 4.40. The van der Waals surface area contributed by atoms with Crippen molar-refractivity contribution in [1.29, 1.82) is 0 Å². The van der Waals surface area contributed by atoms with E-state index in [9.17, 15) is 4.79 Å². The Morgan fingerprint density at radius 1 is 0.967 bits per heavy atom. The van der Waals surface area contributed by atoms with Gasteiger partial charge >= 0.3 is 0 Å². The first-order chi connectivity index (χ1) is 14.5. The van der Waals surface area contributed by atoms with E-state index in [4.69, 9.17) is 23.2 Å². The Bertz CT molecular complexity index is 1150. The summed E-state index contributed by atoms with van der Waals surface area (Å²) in [5, 5.41) is 3.69. The quantitative estimate of drug-likeness (QED) is 0.394. The van der Waals surface area contributed by atoms with Crippen LogP contribution in [0.5, 0.6) is 0 Å². The Morgan fingerprint density at radius 3 is 2.23 bits per heavy atom. The predicted molar refractivity (Wildman–Crippen MR) is 122 cm³/mol. The first kappa shape index (κ1) is 20.2. The molecule has 0 saturated carbocycles. The van der Waals surface area contributed by atoms with Crippen LogP contribution in [0.4, 0.5) is 5.69 Å². The number of amides is 1. The van der Waals surface area contributed by atoms with Gasteiger partial charge in [0, 0.05) is 23.1 Å². The van der Waals surface area contributed by atoms with Crippen LogP contribution in [0, 0.1) is 6.92 Å². The molecule has 0 aliphatic carbocycles. The molecule has 4 aromatic rings. The molecule has 4 rings (SSSR count). The molecule has 1 heterocycles. The molecule has 0 bridgehead atoms. The van der Waals surface area contributed by atoms with E-state index in [1.54, 1.807) is 24.4 Å². The molecule has 0 unspecified atom stereocenters. The second kappa shape index (κ2) is 8.74. The van der Waals surface area contributed by atoms with Crippen molar-refractivity contribution in [3.63, 3.8) is 0 Å². The highest BCUT2D eigenvalue weighted by Gasteiger charge is 2.16. The first-order valence-electron chi connectivity index (χ1n) is 9.41. The number of rotatable bonds is 5. The van der Waals surface area contributed by atoms with E-state index < -0.39 is 0 Å². The monoisotopic (exact) mass is 435 g/mol. The number of carbonyl (C=O) groups is 1. The lowest BCUT2D eigenvalue weighted by Crippen LogP contribution is -2.13. The standard InChI is InChI=1S/C24H19Cl2N3O/c1-16-2-4-17(5-3-16)23(29-13-12-27-15-29)18-6-9-20(10-7-18)28-24(30)21-11-8-19(25)14-22(21)26/h2-15,23H,1H3,(H,28,30)/t23-/m0/s1. The molecule has 0 radical (unpaired) electrons. The van der Waals surface area contributed by atoms with Crippen molar-refractivity contribution < 1.29 is 4.79 Å². The Morgan fingerprint density at radius 2 is 1.63 bits per heavy atom. The number of aromatic nitrogens is 2. The molecular formula is C24H19Cl2N3O. The van der Waals surface area contributed by atoms with Crippen LogP contribution >= 0.6 is 23.2 Å². The highest BCUT2D eigenvalue weighted by atomic mass is 35.5. The summed E-state index contributed by atoms with van der Waals surface area (Å²) in [5.74, 6) is -0.283. The molecule has 1 aromatic heterocycles. The number of nitrogens with zero attached hydrogens (tertiary/aromatic N) is 2. The van der Waals surface area contributed by atoms with Crippen LogP contribution in [0.2, 0.25) is 10.0 Å². The molecule has 0 fully saturated rings. The topological polar surface area (TPSA) is 46.9 Å². The molecule has 0 saturated heterocycles. The van der Waals surface area contributed by atoms with Gasteiger partial charge in [0.1, 0.15) is 0 Å². The fourth-order valence-corrected chi connectivity index (χ4v) is 3.82. The van der Waals surface area contributed by atoms with E-state index in [0.717, 1.165) is 11.1 Å². The molecule has 0 aliphatic heterocycles. The number of aryl methyl sites for hydroxylation is 1. The van der Waals surface area contributed by atoms with Crippen LogP contribution in [0.25, 0.3) is 0 Å². The van der Waals surface area contributed by atoms with Crippen LogP contribution in [0.15, 0.2) is 85.5 Å². The lowest BCUT2D eigenvalue weighted by Gasteiger charge is -2.20. The van der Waals surface area contributed by atoms with Crippen molar-refractivity contribution in [1.82, 2.24) is 9.55 Å². The van der Waals surface area contributed by atoms with E-state index in [-0.39, 0.29) is 11.9 Å². The van der Waals surface area contributed by atoms with Gasteiger partial charge in [-0.15, -0.1) is 0 Å². The SMILES string of the molecule is Cc1ccc([C@@H](c2ccc(NC(=O)c3ccc(Cl)cc3Cl)cc2)n2ccnc2)cc1. The zero-order valence-corrected chi connectivity index (χ0v) is 17.7. The van der Waals surface area contributed by atoms with Gasteiger partial charge in [0.15, 0.2) is 0 Å². The number of nitrogens with one attached hydrogen (secondary N) is 1. The zero-order chi connectivity index (χ0) is 21.1. The highest BCUT2D eigenvalue weighted by Crippen LogP contribution is 2.28. The molecule has 4 nitrogen and oxygen atoms in total. The second-order valence-electron chi connectivity index (χ2n) is 7.02. The van der Waals surface area contributed by atoms with Gasteiger partial charge in [-0.05, 0) is 48.4 Å². The van der Waals surface area contributed by atoms with Gasteiger partial charge < -0.3 is 9.88 Å².